The third kappa shape index (κ3) is 8.10. The largest absolute Gasteiger partial charge is 0.486 e. The Labute approximate surface area is 219 Å². The molecule has 3 rings (SSSR count). The molecular formula is C31H35ClO4. The van der Waals surface area contributed by atoms with Gasteiger partial charge < -0.3 is 9.47 Å². The molecule has 0 aliphatic heterocycles. The van der Waals surface area contributed by atoms with Gasteiger partial charge in [-0.25, -0.2) is 0 Å². The quantitative estimate of drug-likeness (QED) is 0.0975. The number of halogens is 1. The van der Waals surface area contributed by atoms with E-state index in [4.69, 9.17) is 21.1 Å². The Morgan fingerprint density at radius 3 is 1.81 bits per heavy atom. The molecule has 0 unspecified atom stereocenters. The van der Waals surface area contributed by atoms with Gasteiger partial charge in [-0.2, -0.15) is 0 Å². The van der Waals surface area contributed by atoms with E-state index in [0.717, 1.165) is 34.1 Å². The summed E-state index contributed by atoms with van der Waals surface area (Å²) < 4.78 is 11.0. The lowest BCUT2D eigenvalue weighted by atomic mass is 9.88. The summed E-state index contributed by atoms with van der Waals surface area (Å²) in [6, 6.07) is 25.3. The molecular weight excluding hydrogens is 472 g/mol. The predicted molar refractivity (Wildman–Crippen MR) is 149 cm³/mol. The predicted octanol–water partition coefficient (Wildman–Crippen LogP) is 7.83. The van der Waals surface area contributed by atoms with E-state index in [1.54, 1.807) is 0 Å². The first-order valence-electron chi connectivity index (χ1n) is 12.2. The van der Waals surface area contributed by atoms with Crippen molar-refractivity contribution in [3.63, 3.8) is 0 Å². The van der Waals surface area contributed by atoms with Crippen molar-refractivity contribution in [1.29, 1.82) is 0 Å². The summed E-state index contributed by atoms with van der Waals surface area (Å²) >= 11 is 6.23. The number of alkyl halides is 1. The number of esters is 1. The van der Waals surface area contributed by atoms with Gasteiger partial charge in [0.2, 0.25) is 0 Å². The zero-order valence-electron chi connectivity index (χ0n) is 21.7. The molecule has 36 heavy (non-hydrogen) atoms. The normalized spacial score (nSPS) is 11.5. The van der Waals surface area contributed by atoms with Gasteiger partial charge in [-0.3, -0.25) is 9.59 Å². The van der Waals surface area contributed by atoms with E-state index >= 15 is 0 Å². The molecule has 0 spiro atoms. The van der Waals surface area contributed by atoms with E-state index in [-0.39, 0.29) is 12.6 Å². The maximum absolute atomic E-state index is 12.3. The molecule has 0 saturated heterocycles. The van der Waals surface area contributed by atoms with Gasteiger partial charge in [0.05, 0.1) is 5.41 Å². The van der Waals surface area contributed by atoms with Crippen molar-refractivity contribution >= 4 is 35.0 Å². The highest BCUT2D eigenvalue weighted by molar-refractivity contribution is 6.18. The molecule has 3 aromatic carbocycles. The average Bonchev–Trinajstić information content (AvgIpc) is 2.90. The highest BCUT2D eigenvalue weighted by Crippen LogP contribution is 2.36. The van der Waals surface area contributed by atoms with Crippen LogP contribution in [0.5, 0.6) is 11.5 Å². The van der Waals surface area contributed by atoms with Crippen LogP contribution < -0.4 is 9.47 Å². The Morgan fingerprint density at radius 2 is 1.33 bits per heavy atom. The standard InChI is InChI=1S/C29H29ClO4.C2H6/c1-29(2,3)28(32)34-25-15-11-23(12-16-25)27(22-9-13-24(14-10-22)33-20-19-31)26(17-18-30)21-7-5-4-6-8-21;1-2/h4-16,19H,17-18,20H2,1-3H3;1-2H3/b27-26+;. The molecule has 5 heteroatoms. The van der Waals surface area contributed by atoms with Crippen molar-refractivity contribution in [3.8, 4) is 11.5 Å². The van der Waals surface area contributed by atoms with Gasteiger partial charge in [-0.05, 0) is 79.3 Å². The van der Waals surface area contributed by atoms with Crippen LogP contribution in [-0.2, 0) is 9.59 Å². The van der Waals surface area contributed by atoms with Crippen LogP contribution in [0.2, 0.25) is 0 Å². The summed E-state index contributed by atoms with van der Waals surface area (Å²) in [7, 11) is 0. The Kier molecular flexibility index (Phi) is 11.4. The molecule has 0 aliphatic carbocycles. The highest BCUT2D eigenvalue weighted by atomic mass is 35.5. The lowest BCUT2D eigenvalue weighted by Gasteiger charge is -2.19. The summed E-state index contributed by atoms with van der Waals surface area (Å²) in [6.45, 7) is 9.49. The van der Waals surface area contributed by atoms with Crippen LogP contribution in [0.1, 0.15) is 57.7 Å². The zero-order chi connectivity index (χ0) is 26.6. The SMILES string of the molecule is CC.CC(C)(C)C(=O)Oc1ccc(/C(=C(\CCCl)c2ccccc2)c2ccc(OCC=O)cc2)cc1. The highest BCUT2D eigenvalue weighted by Gasteiger charge is 2.24. The second-order valence-corrected chi connectivity index (χ2v) is 9.20. The molecule has 0 atom stereocenters. The van der Waals surface area contributed by atoms with E-state index in [2.05, 4.69) is 12.1 Å². The van der Waals surface area contributed by atoms with Crippen LogP contribution in [0.25, 0.3) is 11.1 Å². The minimum atomic E-state index is -0.585. The Bertz CT molecular complexity index is 1130. The first-order valence-corrected chi connectivity index (χ1v) is 12.7. The maximum Gasteiger partial charge on any atom is 0.316 e. The molecule has 0 N–H and O–H groups in total. The third-order valence-corrected chi connectivity index (χ3v) is 5.38. The second-order valence-electron chi connectivity index (χ2n) is 8.82. The summed E-state index contributed by atoms with van der Waals surface area (Å²) in [4.78, 5) is 22.9. The first-order chi connectivity index (χ1) is 17.3. The summed E-state index contributed by atoms with van der Waals surface area (Å²) in [5.74, 6) is 1.31. The second kappa shape index (κ2) is 14.3. The van der Waals surface area contributed by atoms with Crippen molar-refractivity contribution in [2.45, 2.75) is 41.0 Å². The number of aldehydes is 1. The number of rotatable bonds is 9. The van der Waals surface area contributed by atoms with E-state index in [1.807, 2.05) is 101 Å². The molecule has 0 bridgehead atoms. The van der Waals surface area contributed by atoms with Gasteiger partial charge in [0.15, 0.2) is 6.29 Å². The molecule has 0 fully saturated rings. The van der Waals surface area contributed by atoms with E-state index in [1.165, 1.54) is 0 Å². The van der Waals surface area contributed by atoms with E-state index in [0.29, 0.717) is 23.8 Å². The fraction of sp³-hybridized carbons (Fsp3) is 0.290. The van der Waals surface area contributed by atoms with E-state index in [9.17, 15) is 9.59 Å². The summed E-state index contributed by atoms with van der Waals surface area (Å²) in [6.07, 6.45) is 1.40. The smallest absolute Gasteiger partial charge is 0.316 e. The third-order valence-electron chi connectivity index (χ3n) is 5.20. The molecule has 0 amide bonds. The van der Waals surface area contributed by atoms with Crippen molar-refractivity contribution in [2.75, 3.05) is 12.5 Å². The zero-order valence-corrected chi connectivity index (χ0v) is 22.5. The average molecular weight is 507 g/mol. The molecule has 3 aromatic rings. The Morgan fingerprint density at radius 1 is 0.806 bits per heavy atom. The van der Waals surface area contributed by atoms with E-state index < -0.39 is 5.41 Å². The lowest BCUT2D eigenvalue weighted by molar-refractivity contribution is -0.143. The van der Waals surface area contributed by atoms with Crippen molar-refractivity contribution < 1.29 is 19.1 Å². The molecule has 0 aromatic heterocycles. The van der Waals surface area contributed by atoms with Gasteiger partial charge in [0, 0.05) is 5.88 Å². The molecule has 4 nitrogen and oxygen atoms in total. The number of benzene rings is 3. The lowest BCUT2D eigenvalue weighted by Crippen LogP contribution is -2.25. The number of ether oxygens (including phenoxy) is 2. The molecule has 0 saturated carbocycles. The van der Waals surface area contributed by atoms with Gasteiger partial charge >= 0.3 is 5.97 Å². The van der Waals surface area contributed by atoms with Crippen LogP contribution in [0.15, 0.2) is 78.9 Å². The minimum Gasteiger partial charge on any atom is -0.486 e. The fourth-order valence-electron chi connectivity index (χ4n) is 3.46. The molecule has 0 heterocycles. The molecule has 0 radical (unpaired) electrons. The number of carbonyl (C=O) groups is 2. The summed E-state index contributed by atoms with van der Waals surface area (Å²) in [5.41, 5.74) is 4.60. The van der Waals surface area contributed by atoms with Crippen molar-refractivity contribution in [3.05, 3.63) is 95.6 Å². The summed E-state index contributed by atoms with van der Waals surface area (Å²) in [5, 5.41) is 0. The van der Waals surface area contributed by atoms with Gasteiger partial charge in [-0.1, -0.05) is 68.4 Å². The van der Waals surface area contributed by atoms with Crippen LogP contribution in [0.3, 0.4) is 0 Å². The van der Waals surface area contributed by atoms with Gasteiger partial charge in [0.1, 0.15) is 18.1 Å². The van der Waals surface area contributed by atoms with Crippen LogP contribution in [0.4, 0.5) is 0 Å². The van der Waals surface area contributed by atoms with Crippen molar-refractivity contribution in [1.82, 2.24) is 0 Å². The molecule has 190 valence electrons. The van der Waals surface area contributed by atoms with Gasteiger partial charge in [0.25, 0.3) is 0 Å². The Balaban J connectivity index is 0.00000222. The monoisotopic (exact) mass is 506 g/mol. The van der Waals surface area contributed by atoms with Crippen molar-refractivity contribution in [2.24, 2.45) is 5.41 Å². The number of allylic oxidation sites excluding steroid dienone is 1. The van der Waals surface area contributed by atoms with Crippen LogP contribution in [0, 0.1) is 5.41 Å². The number of hydrogen-bond acceptors (Lipinski definition) is 4. The number of hydrogen-bond donors (Lipinski definition) is 0. The topological polar surface area (TPSA) is 52.6 Å². The first kappa shape index (κ1) is 28.9. The minimum absolute atomic E-state index is 0.0122. The Hall–Kier alpha value is -3.37. The maximum atomic E-state index is 12.3. The van der Waals surface area contributed by atoms with Crippen LogP contribution in [-0.4, -0.2) is 24.7 Å². The number of carbonyl (C=O) groups excluding carboxylic acids is 2. The van der Waals surface area contributed by atoms with Crippen LogP contribution >= 0.6 is 11.6 Å². The fourth-order valence-corrected chi connectivity index (χ4v) is 3.65. The molecule has 0 aliphatic rings. The van der Waals surface area contributed by atoms with Gasteiger partial charge in [-0.15, -0.1) is 11.6 Å².